The lowest BCUT2D eigenvalue weighted by Gasteiger charge is -2.22. The molecular weight excluding hydrogens is 1770 g/mol. The molecule has 0 aliphatic carbocycles. The zero-order chi connectivity index (χ0) is 89.3. The third-order valence-electron chi connectivity index (χ3n) is 21.0. The molecule has 0 fully saturated rings. The Morgan fingerprint density at radius 2 is 1.01 bits per heavy atom. The van der Waals surface area contributed by atoms with Crippen molar-refractivity contribution in [3.05, 3.63) is 257 Å². The number of Topliss-reactive ketones (excluding diaryl/α,β-unsaturated/α-hetero) is 1. The first-order valence-electron chi connectivity index (χ1n) is 41.3. The number of nitrogens with one attached hydrogen (secondary N) is 2. The van der Waals surface area contributed by atoms with Gasteiger partial charge in [-0.05, 0) is 239 Å². The number of halogens is 9. The largest absolute Gasteiger partial charge is 0.480 e. The maximum Gasteiger partial charge on any atom is 0.211 e. The van der Waals surface area contributed by atoms with Gasteiger partial charge in [0.2, 0.25) is 5.96 Å². The lowest BCUT2D eigenvalue weighted by molar-refractivity contribution is -0.117. The number of hydrogen-bond acceptors (Lipinski definition) is 16. The molecule has 8 N–H and O–H groups in total. The van der Waals surface area contributed by atoms with Crippen molar-refractivity contribution < 1.29 is 9.53 Å². The summed E-state index contributed by atoms with van der Waals surface area (Å²) in [5, 5.41) is 23.7. The van der Waals surface area contributed by atoms with Crippen molar-refractivity contribution in [2.75, 3.05) is 51.6 Å². The molecule has 0 amide bonds. The average molecular weight is 1880 g/mol. The highest BCUT2D eigenvalue weighted by atomic mass is 35.5. The quantitative estimate of drug-likeness (QED) is 0.0292. The average Bonchev–Trinajstić information content (AvgIpc) is 1.46. The molecule has 0 spiro atoms. The van der Waals surface area contributed by atoms with E-state index in [4.69, 9.17) is 132 Å². The summed E-state index contributed by atoms with van der Waals surface area (Å²) in [5.41, 5.74) is 40.2. The number of carbonyl (C=O) groups is 1. The van der Waals surface area contributed by atoms with Crippen LogP contribution < -0.4 is 27.3 Å². The van der Waals surface area contributed by atoms with Crippen LogP contribution in [0.5, 0.6) is 5.75 Å². The van der Waals surface area contributed by atoms with Gasteiger partial charge in [0.15, 0.2) is 11.9 Å². The number of aryl methyl sites for hydroxylation is 5. The van der Waals surface area contributed by atoms with Crippen LogP contribution in [-0.2, 0) is 42.3 Å². The number of ketones is 1. The highest BCUT2D eigenvalue weighted by molar-refractivity contribution is 8.14. The topological polar surface area (TPSA) is 265 Å². The van der Waals surface area contributed by atoms with E-state index in [9.17, 15) is 4.79 Å². The Balaban J connectivity index is 0.000000175. The lowest BCUT2D eigenvalue weighted by Crippen LogP contribution is -2.33. The van der Waals surface area contributed by atoms with Crippen LogP contribution in [0.3, 0.4) is 0 Å². The van der Waals surface area contributed by atoms with Crippen LogP contribution in [0.1, 0.15) is 183 Å². The summed E-state index contributed by atoms with van der Waals surface area (Å²) in [6.07, 6.45) is 15.6. The second-order valence-corrected chi connectivity index (χ2v) is 36.8. The van der Waals surface area contributed by atoms with Crippen LogP contribution in [-0.4, -0.2) is 124 Å². The number of rotatable bonds is 19. The van der Waals surface area contributed by atoms with Gasteiger partial charge in [-0.1, -0.05) is 205 Å². The second-order valence-electron chi connectivity index (χ2n) is 31.4. The Hall–Kier alpha value is -7.76. The molecule has 123 heavy (non-hydrogen) atoms. The summed E-state index contributed by atoms with van der Waals surface area (Å²) < 4.78 is 14.2. The van der Waals surface area contributed by atoms with Crippen molar-refractivity contribution in [3.63, 3.8) is 0 Å². The molecule has 8 aromatic carbocycles. The molecule has 2 atom stereocenters. The minimum absolute atomic E-state index is 0.0679. The SMILES string of the molecule is CC(Oc1c(Cl)cccc1Cl)C1=NCCN1.Cc1cc(C(C)(C)C)cc(C)c1CC1=NCCC1.Cc1cccc(C)c1CC1=NCCCS1.Cc1cccc([C@H](C)C2=NCCC2)c1C.Clc1ccc2nsnc2c1CC1=NCCC1.Clc1cccc(Cl)c1CC1=NCCC1.N=C(N)CC(=O)Cc1c(Cl)cccc1Cl.NC(N)=N/N=C/c1c(Cl)cccc1Cl. The highest BCUT2D eigenvalue weighted by Gasteiger charge is 2.23. The van der Waals surface area contributed by atoms with Crippen molar-refractivity contribution in [1.29, 1.82) is 5.41 Å². The fourth-order valence-electron chi connectivity index (χ4n) is 14.0. The summed E-state index contributed by atoms with van der Waals surface area (Å²) in [7, 11) is 0. The van der Waals surface area contributed by atoms with E-state index < -0.39 is 0 Å². The molecule has 6 aliphatic rings. The first kappa shape index (κ1) is 101. The van der Waals surface area contributed by atoms with Crippen LogP contribution in [0.25, 0.3) is 11.0 Å². The van der Waals surface area contributed by atoms with Gasteiger partial charge in [-0.2, -0.15) is 13.8 Å². The predicted molar refractivity (Wildman–Crippen MR) is 533 cm³/mol. The van der Waals surface area contributed by atoms with E-state index in [1.54, 1.807) is 54.6 Å². The second kappa shape index (κ2) is 51.1. The number of nitrogens with two attached hydrogens (primary N) is 3. The third kappa shape index (κ3) is 32.6. The highest BCUT2D eigenvalue weighted by Crippen LogP contribution is 2.36. The van der Waals surface area contributed by atoms with Gasteiger partial charge >= 0.3 is 0 Å². The Morgan fingerprint density at radius 3 is 1.50 bits per heavy atom. The van der Waals surface area contributed by atoms with E-state index in [0.29, 0.717) is 52.9 Å². The molecule has 0 saturated heterocycles. The number of aliphatic imine (C=N–C) groups is 6. The standard InChI is InChI=1S/C17H25N.C14H19N.C13H17NS.C11H12Cl2N2O.C11H11Cl2N.C11H10ClN3S.C10H10Cl2N2O.C8H8Cl2N4/c1-12-9-14(17(3,4)5)10-13(2)16(12)11-15-7-6-8-18-15;1-10-6-4-7-13(11(10)2)12(3)14-8-5-9-15-14;1-10-5-3-6-11(2)12(10)9-13-14-7-4-8-15-13;1-7(11-14-5-6-15-11)16-10-8(12)3-2-4-9(10)13;12-10-4-1-5-11(13)9(10)7-8-3-2-6-14-8;12-9-3-4-10-11(15-16-14-10)8(9)6-7-2-1-5-13-7;11-8-2-1-3-9(12)7(8)4-6(15)5-10(13)14;9-6-2-1-3-7(10)5(6)4-13-14-8(11)12/h9-10H,6-8,11H2,1-5H3;4,6-7,12H,5,8-9H2,1-3H3;3,5-6H,4,7-9H2,1-2H3;2-4,7H,5-6H2,1H3,(H,14,15);1,4-5H,2-3,6-7H2;3-4H,1-2,5-6H2;1-3H,4-5H2,(H3,13,14);1-4H,(H4,11,12,14)/b;;;;;;;13-4+/t;12-;;;;;;/m.0....../s1. The number of benzene rings is 8. The van der Waals surface area contributed by atoms with Crippen molar-refractivity contribution in [1.82, 2.24) is 14.1 Å². The summed E-state index contributed by atoms with van der Waals surface area (Å²) >= 11 is 57.0. The molecular formula is C95H112Cl9N15O2S2. The fourth-order valence-corrected chi connectivity index (χ4v) is 17.8. The maximum absolute atomic E-state index is 11.4. The van der Waals surface area contributed by atoms with Gasteiger partial charge in [0.1, 0.15) is 22.7 Å². The van der Waals surface area contributed by atoms with Crippen molar-refractivity contribution in [3.8, 4) is 5.75 Å². The van der Waals surface area contributed by atoms with E-state index in [1.165, 1.54) is 139 Å². The van der Waals surface area contributed by atoms with Gasteiger partial charge in [-0.3, -0.25) is 40.2 Å². The molecule has 1 unspecified atom stereocenters. The minimum Gasteiger partial charge on any atom is -0.480 e. The van der Waals surface area contributed by atoms with E-state index in [-0.39, 0.29) is 41.9 Å². The minimum atomic E-state index is -0.169. The van der Waals surface area contributed by atoms with E-state index in [0.717, 1.165) is 140 Å². The third-order valence-corrected chi connectivity index (χ3v) is 25.6. The van der Waals surface area contributed by atoms with Crippen LogP contribution in [0, 0.1) is 47.0 Å². The van der Waals surface area contributed by atoms with Crippen LogP contribution in [0.15, 0.2) is 174 Å². The van der Waals surface area contributed by atoms with Gasteiger partial charge < -0.3 is 27.3 Å². The van der Waals surface area contributed by atoms with Crippen LogP contribution in [0.2, 0.25) is 45.2 Å². The molecule has 17 nitrogen and oxygen atoms in total. The van der Waals surface area contributed by atoms with E-state index >= 15 is 0 Å². The Labute approximate surface area is 780 Å². The number of hydrogen-bond donors (Lipinski definition) is 5. The molecule has 0 radical (unpaired) electrons. The van der Waals surface area contributed by atoms with Crippen molar-refractivity contribution >= 4 is 196 Å². The van der Waals surface area contributed by atoms with Gasteiger partial charge in [0.05, 0.1) is 61.9 Å². The molecule has 7 heterocycles. The Morgan fingerprint density at radius 1 is 0.528 bits per heavy atom. The fraction of sp³-hybridized carbons (Fsp3) is 0.389. The first-order valence-corrected chi connectivity index (χ1v) is 46.4. The van der Waals surface area contributed by atoms with Gasteiger partial charge in [-0.15, -0.1) is 16.9 Å². The first-order chi connectivity index (χ1) is 58.8. The Bertz CT molecular complexity index is 5240. The normalized spacial score (nSPS) is 14.9. The number of fused-ring (bicyclic) bond motifs is 1. The Kier molecular flexibility index (Phi) is 41.9. The number of nitrogens with zero attached hydrogens (tertiary/aromatic N) is 10. The summed E-state index contributed by atoms with van der Waals surface area (Å²) in [6, 6.07) is 42.7. The number of amidine groups is 2. The summed E-state index contributed by atoms with van der Waals surface area (Å²) in [4.78, 5) is 38.4. The molecule has 0 bridgehead atoms. The summed E-state index contributed by atoms with van der Waals surface area (Å²) in [5.74, 6) is 2.66. The van der Waals surface area contributed by atoms with Crippen molar-refractivity contribution in [2.24, 2.45) is 57.4 Å². The molecule has 15 rings (SSSR count). The van der Waals surface area contributed by atoms with Crippen molar-refractivity contribution in [2.45, 2.75) is 190 Å². The number of carbonyl (C=O) groups excluding carboxylic acids is 1. The zero-order valence-electron chi connectivity index (χ0n) is 71.9. The van der Waals surface area contributed by atoms with Gasteiger partial charge in [0, 0.05) is 142 Å². The number of guanidine groups is 1. The van der Waals surface area contributed by atoms with Crippen LogP contribution in [0.4, 0.5) is 0 Å². The number of thioether (sulfide) groups is 1. The van der Waals surface area contributed by atoms with E-state index in [2.05, 4.69) is 172 Å². The summed E-state index contributed by atoms with van der Waals surface area (Å²) in [6.45, 7) is 31.0. The van der Waals surface area contributed by atoms with Gasteiger partial charge in [0.25, 0.3) is 0 Å². The molecule has 28 heteroatoms. The molecule has 0 saturated carbocycles. The van der Waals surface area contributed by atoms with E-state index in [1.807, 2.05) is 49.0 Å². The van der Waals surface area contributed by atoms with Gasteiger partial charge in [-0.25, -0.2) is 0 Å². The van der Waals surface area contributed by atoms with Crippen LogP contribution >= 0.6 is 128 Å². The number of aromatic nitrogens is 2. The number of para-hydroxylation sites is 1. The molecule has 9 aromatic rings. The zero-order valence-corrected chi connectivity index (χ0v) is 80.4. The molecule has 6 aliphatic heterocycles. The maximum atomic E-state index is 11.4. The lowest BCUT2D eigenvalue weighted by atomic mass is 9.83. The smallest absolute Gasteiger partial charge is 0.211 e. The predicted octanol–water partition coefficient (Wildman–Crippen LogP) is 25.1. The molecule has 654 valence electrons. The number of ether oxygens (including phenoxy) is 1. The monoisotopic (exact) mass is 1870 g/mol. The molecule has 1 aromatic heterocycles.